The zero-order valence-electron chi connectivity index (χ0n) is 12.5. The van der Waals surface area contributed by atoms with Crippen LogP contribution in [0, 0.1) is 15.9 Å². The molecule has 0 bridgehead atoms. The first kappa shape index (κ1) is 18.1. The zero-order chi connectivity index (χ0) is 18.4. The molecule has 0 radical (unpaired) electrons. The van der Waals surface area contributed by atoms with E-state index in [1.807, 2.05) is 5.32 Å². The van der Waals surface area contributed by atoms with Gasteiger partial charge in [-0.2, -0.15) is 0 Å². The first-order chi connectivity index (χ1) is 11.9. The molecular formula is C15H11ClFN3O5. The van der Waals surface area contributed by atoms with Gasteiger partial charge in [0.25, 0.3) is 5.91 Å². The number of nitrogens with one attached hydrogen (secondary N) is 2. The predicted octanol–water partition coefficient (Wildman–Crippen LogP) is 3.11. The minimum absolute atomic E-state index is 0.109. The second-order valence-corrected chi connectivity index (χ2v) is 5.08. The van der Waals surface area contributed by atoms with Crippen molar-refractivity contribution >= 4 is 34.9 Å². The van der Waals surface area contributed by atoms with Crippen LogP contribution in [-0.4, -0.2) is 23.5 Å². The van der Waals surface area contributed by atoms with Gasteiger partial charge in [-0.15, -0.1) is 0 Å². The van der Waals surface area contributed by atoms with E-state index in [2.05, 4.69) is 5.32 Å². The fourth-order valence-corrected chi connectivity index (χ4v) is 1.94. The summed E-state index contributed by atoms with van der Waals surface area (Å²) in [5.41, 5.74) is -0.529. The van der Waals surface area contributed by atoms with Gasteiger partial charge in [0.15, 0.2) is 12.4 Å². The maximum Gasteiger partial charge on any atom is 0.326 e. The Morgan fingerprint density at radius 3 is 2.64 bits per heavy atom. The topological polar surface area (TPSA) is 111 Å². The van der Waals surface area contributed by atoms with Crippen molar-refractivity contribution in [1.82, 2.24) is 5.32 Å². The molecule has 0 unspecified atom stereocenters. The normalized spacial score (nSPS) is 10.0. The number of nitro benzene ring substituents is 1. The molecule has 0 aromatic heterocycles. The van der Waals surface area contributed by atoms with Crippen molar-refractivity contribution in [2.75, 3.05) is 11.9 Å². The van der Waals surface area contributed by atoms with Crippen LogP contribution in [0.1, 0.15) is 0 Å². The number of ether oxygens (including phenoxy) is 1. The van der Waals surface area contributed by atoms with Gasteiger partial charge in [0.05, 0.1) is 10.6 Å². The fraction of sp³-hybridized carbons (Fsp3) is 0.0667. The number of benzene rings is 2. The molecule has 130 valence electrons. The number of anilines is 1. The summed E-state index contributed by atoms with van der Waals surface area (Å²) in [6.45, 7) is -0.660. The highest BCUT2D eigenvalue weighted by atomic mass is 35.5. The third-order valence-corrected chi connectivity index (χ3v) is 3.09. The summed E-state index contributed by atoms with van der Waals surface area (Å²) < 4.78 is 18.4. The minimum Gasteiger partial charge on any atom is -0.477 e. The van der Waals surface area contributed by atoms with Crippen molar-refractivity contribution in [3.63, 3.8) is 0 Å². The van der Waals surface area contributed by atoms with Crippen LogP contribution in [0.5, 0.6) is 5.75 Å². The van der Waals surface area contributed by atoms with E-state index in [0.717, 1.165) is 12.1 Å². The van der Waals surface area contributed by atoms with Crippen molar-refractivity contribution in [3.8, 4) is 5.75 Å². The molecular weight excluding hydrogens is 357 g/mol. The maximum absolute atomic E-state index is 13.4. The van der Waals surface area contributed by atoms with Crippen molar-refractivity contribution < 1.29 is 23.6 Å². The molecule has 0 aliphatic carbocycles. The summed E-state index contributed by atoms with van der Waals surface area (Å²) in [5, 5.41) is 15.1. The number of nitro groups is 1. The molecule has 10 heteroatoms. The van der Waals surface area contributed by atoms with Crippen molar-refractivity contribution in [3.05, 3.63) is 63.4 Å². The molecule has 0 spiro atoms. The largest absolute Gasteiger partial charge is 0.477 e. The SMILES string of the molecule is O=C(COc1ccc(Cl)cc1[N+](=O)[O-])NC(=O)Nc1ccccc1F. The highest BCUT2D eigenvalue weighted by molar-refractivity contribution is 6.30. The summed E-state index contributed by atoms with van der Waals surface area (Å²) in [7, 11) is 0. The van der Waals surface area contributed by atoms with Crippen LogP contribution < -0.4 is 15.4 Å². The predicted molar refractivity (Wildman–Crippen MR) is 87.2 cm³/mol. The highest BCUT2D eigenvalue weighted by Crippen LogP contribution is 2.29. The molecule has 8 nitrogen and oxygen atoms in total. The van der Waals surface area contributed by atoms with E-state index >= 15 is 0 Å². The van der Waals surface area contributed by atoms with Crippen molar-refractivity contribution in [2.45, 2.75) is 0 Å². The molecule has 0 aliphatic rings. The van der Waals surface area contributed by atoms with Gasteiger partial charge < -0.3 is 10.1 Å². The first-order valence-electron chi connectivity index (χ1n) is 6.79. The number of carbonyl (C=O) groups is 2. The summed E-state index contributed by atoms with van der Waals surface area (Å²) in [5.74, 6) is -1.73. The van der Waals surface area contributed by atoms with Crippen molar-refractivity contribution in [1.29, 1.82) is 0 Å². The highest BCUT2D eigenvalue weighted by Gasteiger charge is 2.17. The third kappa shape index (κ3) is 5.15. The molecule has 0 aliphatic heterocycles. The number of para-hydroxylation sites is 1. The molecule has 3 amide bonds. The lowest BCUT2D eigenvalue weighted by atomic mass is 10.3. The van der Waals surface area contributed by atoms with Crippen LogP contribution in [-0.2, 0) is 4.79 Å². The van der Waals surface area contributed by atoms with E-state index in [-0.39, 0.29) is 16.5 Å². The van der Waals surface area contributed by atoms with Crippen LogP contribution >= 0.6 is 11.6 Å². The Labute approximate surface area is 145 Å². The number of urea groups is 1. The van der Waals surface area contributed by atoms with Gasteiger partial charge in [-0.25, -0.2) is 9.18 Å². The summed E-state index contributed by atoms with van der Waals surface area (Å²) in [6, 6.07) is 8.08. The van der Waals surface area contributed by atoms with Gasteiger partial charge in [0.2, 0.25) is 0 Å². The number of hydrogen-bond donors (Lipinski definition) is 2. The molecule has 2 aromatic rings. The van der Waals surface area contributed by atoms with E-state index < -0.39 is 35.0 Å². The number of rotatable bonds is 5. The Hall–Kier alpha value is -3.20. The Balaban J connectivity index is 1.92. The van der Waals surface area contributed by atoms with Crippen LogP contribution in [0.3, 0.4) is 0 Å². The molecule has 25 heavy (non-hydrogen) atoms. The minimum atomic E-state index is -0.968. The number of hydrogen-bond acceptors (Lipinski definition) is 5. The van der Waals surface area contributed by atoms with Crippen LogP contribution in [0.25, 0.3) is 0 Å². The van der Waals surface area contributed by atoms with E-state index in [9.17, 15) is 24.1 Å². The lowest BCUT2D eigenvalue weighted by Crippen LogP contribution is -2.37. The van der Waals surface area contributed by atoms with E-state index in [0.29, 0.717) is 0 Å². The molecule has 2 rings (SSSR count). The van der Waals surface area contributed by atoms with Crippen LogP contribution in [0.4, 0.5) is 20.6 Å². The Kier molecular flexibility index (Phi) is 5.85. The van der Waals surface area contributed by atoms with Gasteiger partial charge in [-0.05, 0) is 24.3 Å². The summed E-state index contributed by atoms with van der Waals surface area (Å²) >= 11 is 5.66. The van der Waals surface area contributed by atoms with E-state index in [4.69, 9.17) is 16.3 Å². The quantitative estimate of drug-likeness (QED) is 0.623. The molecule has 0 heterocycles. The monoisotopic (exact) mass is 367 g/mol. The first-order valence-corrected chi connectivity index (χ1v) is 7.16. The van der Waals surface area contributed by atoms with Gasteiger partial charge in [-0.3, -0.25) is 20.2 Å². The van der Waals surface area contributed by atoms with Gasteiger partial charge in [0.1, 0.15) is 5.82 Å². The standard InChI is InChI=1S/C15H11ClFN3O5/c16-9-5-6-13(12(7-9)20(23)24)25-8-14(21)19-15(22)18-11-4-2-1-3-10(11)17/h1-7H,8H2,(H2,18,19,21,22). The molecule has 2 aromatic carbocycles. The number of amides is 3. The smallest absolute Gasteiger partial charge is 0.326 e. The molecule has 2 N–H and O–H groups in total. The average Bonchev–Trinajstić information content (AvgIpc) is 2.55. The van der Waals surface area contributed by atoms with Crippen molar-refractivity contribution in [2.24, 2.45) is 0 Å². The number of halogens is 2. The van der Waals surface area contributed by atoms with Crippen LogP contribution in [0.2, 0.25) is 5.02 Å². The van der Waals surface area contributed by atoms with Gasteiger partial charge in [-0.1, -0.05) is 23.7 Å². The molecule has 0 fully saturated rings. The van der Waals surface area contributed by atoms with E-state index in [1.165, 1.54) is 30.3 Å². The van der Waals surface area contributed by atoms with Crippen LogP contribution in [0.15, 0.2) is 42.5 Å². The Bertz CT molecular complexity index is 831. The lowest BCUT2D eigenvalue weighted by Gasteiger charge is -2.09. The average molecular weight is 368 g/mol. The van der Waals surface area contributed by atoms with Gasteiger partial charge >= 0.3 is 11.7 Å². The number of nitrogens with zero attached hydrogens (tertiary/aromatic N) is 1. The molecule has 0 saturated heterocycles. The Morgan fingerprint density at radius 1 is 1.24 bits per heavy atom. The maximum atomic E-state index is 13.4. The van der Waals surface area contributed by atoms with E-state index in [1.54, 1.807) is 0 Å². The fourth-order valence-electron chi connectivity index (χ4n) is 1.78. The lowest BCUT2D eigenvalue weighted by molar-refractivity contribution is -0.385. The molecule has 0 saturated carbocycles. The zero-order valence-corrected chi connectivity index (χ0v) is 13.2. The summed E-state index contributed by atoms with van der Waals surface area (Å²) in [6.07, 6.45) is 0. The number of carbonyl (C=O) groups excluding carboxylic acids is 2. The number of imide groups is 1. The second kappa shape index (κ2) is 8.06. The second-order valence-electron chi connectivity index (χ2n) is 4.64. The van der Waals surface area contributed by atoms with Gasteiger partial charge in [0, 0.05) is 11.1 Å². The summed E-state index contributed by atoms with van der Waals surface area (Å²) in [4.78, 5) is 33.5. The molecule has 0 atom stereocenters. The Morgan fingerprint density at radius 2 is 1.96 bits per heavy atom. The third-order valence-electron chi connectivity index (χ3n) is 2.85.